The van der Waals surface area contributed by atoms with Crippen LogP contribution in [0.25, 0.3) is 0 Å². The summed E-state index contributed by atoms with van der Waals surface area (Å²) in [6.07, 6.45) is 11.2. The first kappa shape index (κ1) is 11.8. The van der Waals surface area contributed by atoms with Gasteiger partial charge in [0.2, 0.25) is 0 Å². The lowest BCUT2D eigenvalue weighted by Crippen LogP contribution is -2.31. The molecule has 1 aliphatic rings. The number of aliphatic hydroxyl groups excluding tert-OH is 1. The Kier molecular flexibility index (Phi) is 4.67. The molecule has 0 aromatic carbocycles. The van der Waals surface area contributed by atoms with Crippen LogP contribution in [0.5, 0.6) is 0 Å². The Morgan fingerprint density at radius 1 is 1.43 bits per heavy atom. The summed E-state index contributed by atoms with van der Waals surface area (Å²) in [6.45, 7) is 5.94. The van der Waals surface area contributed by atoms with E-state index in [4.69, 9.17) is 0 Å². The Balaban J connectivity index is 2.39. The molecule has 0 aliphatic heterocycles. The van der Waals surface area contributed by atoms with Crippen LogP contribution in [0.1, 0.15) is 58.3 Å². The van der Waals surface area contributed by atoms with Crippen molar-refractivity contribution in [2.75, 3.05) is 0 Å². The molecule has 0 aromatic heterocycles. The lowest BCUT2D eigenvalue weighted by Gasteiger charge is -2.33. The third-order valence-corrected chi connectivity index (χ3v) is 3.90. The van der Waals surface area contributed by atoms with Gasteiger partial charge in [0, 0.05) is 0 Å². The molecule has 1 aliphatic carbocycles. The van der Waals surface area contributed by atoms with Gasteiger partial charge in [-0.25, -0.2) is 0 Å². The van der Waals surface area contributed by atoms with Crippen molar-refractivity contribution in [2.45, 2.75) is 64.4 Å². The van der Waals surface area contributed by atoms with Gasteiger partial charge in [-0.1, -0.05) is 25.8 Å². The molecule has 0 aromatic rings. The maximum Gasteiger partial charge on any atom is 0.0596 e. The monoisotopic (exact) mass is 196 g/mol. The van der Waals surface area contributed by atoms with Gasteiger partial charge in [-0.05, 0) is 43.9 Å². The summed E-state index contributed by atoms with van der Waals surface area (Å²) in [5.41, 5.74) is 0.265. The molecule has 0 radical (unpaired) electrons. The van der Waals surface area contributed by atoms with E-state index < -0.39 is 0 Å². The summed E-state index contributed by atoms with van der Waals surface area (Å²) in [4.78, 5) is 0. The molecule has 1 nitrogen and oxygen atoms in total. The van der Waals surface area contributed by atoms with Crippen molar-refractivity contribution in [1.29, 1.82) is 0 Å². The maximum atomic E-state index is 10.2. The zero-order valence-electron chi connectivity index (χ0n) is 9.47. The van der Waals surface area contributed by atoms with Crippen LogP contribution in [0.15, 0.2) is 12.7 Å². The molecule has 14 heavy (non-hydrogen) atoms. The first-order valence-corrected chi connectivity index (χ1v) is 6.04. The highest BCUT2D eigenvalue weighted by Gasteiger charge is 2.38. The van der Waals surface area contributed by atoms with Crippen molar-refractivity contribution in [1.82, 2.24) is 0 Å². The Morgan fingerprint density at radius 2 is 2.07 bits per heavy atom. The van der Waals surface area contributed by atoms with Gasteiger partial charge < -0.3 is 5.11 Å². The zero-order valence-corrected chi connectivity index (χ0v) is 9.47. The Morgan fingerprint density at radius 3 is 2.57 bits per heavy atom. The van der Waals surface area contributed by atoms with Crippen molar-refractivity contribution in [3.05, 3.63) is 12.7 Å². The summed E-state index contributed by atoms with van der Waals surface area (Å²) < 4.78 is 0. The number of rotatable bonds is 6. The minimum Gasteiger partial charge on any atom is -0.393 e. The van der Waals surface area contributed by atoms with Crippen LogP contribution < -0.4 is 0 Å². The van der Waals surface area contributed by atoms with E-state index in [1.807, 2.05) is 6.08 Å². The molecule has 0 saturated heterocycles. The summed E-state index contributed by atoms with van der Waals surface area (Å²) in [5.74, 6) is 0. The first-order chi connectivity index (χ1) is 6.75. The number of hydrogen-bond acceptors (Lipinski definition) is 1. The minimum atomic E-state index is -0.0741. The highest BCUT2D eigenvalue weighted by atomic mass is 16.3. The second kappa shape index (κ2) is 5.55. The molecule has 1 atom stereocenters. The van der Waals surface area contributed by atoms with E-state index >= 15 is 0 Å². The van der Waals surface area contributed by atoms with Gasteiger partial charge in [-0.3, -0.25) is 0 Å². The van der Waals surface area contributed by atoms with Gasteiger partial charge in [0.25, 0.3) is 0 Å². The van der Waals surface area contributed by atoms with Gasteiger partial charge in [0.15, 0.2) is 0 Å². The fourth-order valence-corrected chi connectivity index (χ4v) is 2.76. The molecule has 1 fully saturated rings. The lowest BCUT2D eigenvalue weighted by molar-refractivity contribution is 0.0178. The van der Waals surface area contributed by atoms with Gasteiger partial charge >= 0.3 is 0 Å². The number of hydrogen-bond donors (Lipinski definition) is 1. The van der Waals surface area contributed by atoms with Gasteiger partial charge in [0.05, 0.1) is 6.10 Å². The maximum absolute atomic E-state index is 10.2. The minimum absolute atomic E-state index is 0.0741. The van der Waals surface area contributed by atoms with Crippen LogP contribution in [-0.4, -0.2) is 11.2 Å². The highest BCUT2D eigenvalue weighted by Crippen LogP contribution is 2.45. The second-order valence-electron chi connectivity index (χ2n) is 4.66. The SMILES string of the molecule is C=CCCCC(O)C1(CC)CCCC1. The van der Waals surface area contributed by atoms with E-state index in [0.717, 1.165) is 25.7 Å². The third kappa shape index (κ3) is 2.60. The average Bonchev–Trinajstić information content (AvgIpc) is 2.67. The van der Waals surface area contributed by atoms with Crippen LogP contribution in [0.2, 0.25) is 0 Å². The van der Waals surface area contributed by atoms with Gasteiger partial charge in [-0.2, -0.15) is 0 Å². The molecule has 0 amide bonds. The molecular weight excluding hydrogens is 172 g/mol. The molecule has 1 unspecified atom stereocenters. The van der Waals surface area contributed by atoms with Crippen molar-refractivity contribution < 1.29 is 5.11 Å². The quantitative estimate of drug-likeness (QED) is 0.507. The Labute approximate surface area is 88.2 Å². The number of allylic oxidation sites excluding steroid dienone is 1. The van der Waals surface area contributed by atoms with Crippen LogP contribution in [0, 0.1) is 5.41 Å². The van der Waals surface area contributed by atoms with Gasteiger partial charge in [0.1, 0.15) is 0 Å². The zero-order chi connectivity index (χ0) is 10.4. The van der Waals surface area contributed by atoms with Crippen LogP contribution in [0.3, 0.4) is 0 Å². The van der Waals surface area contributed by atoms with Gasteiger partial charge in [-0.15, -0.1) is 6.58 Å². The Hall–Kier alpha value is -0.300. The van der Waals surface area contributed by atoms with Crippen LogP contribution in [0.4, 0.5) is 0 Å². The fourth-order valence-electron chi connectivity index (χ4n) is 2.76. The lowest BCUT2D eigenvalue weighted by atomic mass is 9.76. The number of aliphatic hydroxyl groups is 1. The third-order valence-electron chi connectivity index (χ3n) is 3.90. The smallest absolute Gasteiger partial charge is 0.0596 e. The normalized spacial score (nSPS) is 22.1. The molecule has 1 N–H and O–H groups in total. The molecule has 0 spiro atoms. The molecule has 0 heterocycles. The van der Waals surface area contributed by atoms with E-state index in [1.165, 1.54) is 25.7 Å². The van der Waals surface area contributed by atoms with E-state index in [0.29, 0.717) is 0 Å². The number of unbranched alkanes of at least 4 members (excludes halogenated alkanes) is 1. The van der Waals surface area contributed by atoms with Crippen LogP contribution >= 0.6 is 0 Å². The fraction of sp³-hybridized carbons (Fsp3) is 0.846. The van der Waals surface area contributed by atoms with Crippen LogP contribution in [-0.2, 0) is 0 Å². The predicted octanol–water partition coefficient (Wildman–Crippen LogP) is 3.67. The molecule has 1 saturated carbocycles. The van der Waals surface area contributed by atoms with Crippen molar-refractivity contribution in [3.63, 3.8) is 0 Å². The summed E-state index contributed by atoms with van der Waals surface area (Å²) in [5, 5.41) is 10.2. The van der Waals surface area contributed by atoms with E-state index in [-0.39, 0.29) is 11.5 Å². The molecular formula is C13H24O. The molecule has 1 rings (SSSR count). The molecule has 82 valence electrons. The standard InChI is InChI=1S/C13H24O/c1-3-5-6-9-12(14)13(4-2)10-7-8-11-13/h3,12,14H,1,4-11H2,2H3. The first-order valence-electron chi connectivity index (χ1n) is 6.04. The van der Waals surface area contributed by atoms with Crippen molar-refractivity contribution in [2.24, 2.45) is 5.41 Å². The van der Waals surface area contributed by atoms with Crippen molar-refractivity contribution >= 4 is 0 Å². The Bertz CT molecular complexity index is 168. The molecule has 1 heteroatoms. The topological polar surface area (TPSA) is 20.2 Å². The second-order valence-corrected chi connectivity index (χ2v) is 4.66. The summed E-state index contributed by atoms with van der Waals surface area (Å²) in [7, 11) is 0. The highest BCUT2D eigenvalue weighted by molar-refractivity contribution is 4.89. The van der Waals surface area contributed by atoms with E-state index in [1.54, 1.807) is 0 Å². The molecule has 0 bridgehead atoms. The van der Waals surface area contributed by atoms with E-state index in [9.17, 15) is 5.11 Å². The largest absolute Gasteiger partial charge is 0.393 e. The summed E-state index contributed by atoms with van der Waals surface area (Å²) >= 11 is 0. The van der Waals surface area contributed by atoms with Crippen molar-refractivity contribution in [3.8, 4) is 0 Å². The predicted molar refractivity (Wildman–Crippen MR) is 61.2 cm³/mol. The summed E-state index contributed by atoms with van der Waals surface area (Å²) in [6, 6.07) is 0. The van der Waals surface area contributed by atoms with E-state index in [2.05, 4.69) is 13.5 Å². The average molecular weight is 196 g/mol.